The summed E-state index contributed by atoms with van der Waals surface area (Å²) in [6, 6.07) is 3.77. The molecule has 1 aliphatic rings. The predicted octanol–water partition coefficient (Wildman–Crippen LogP) is 3.16. The number of pyridine rings is 1. The molecule has 6 heteroatoms. The average Bonchev–Trinajstić information content (AvgIpc) is 3.05. The maximum atomic E-state index is 6.24. The van der Waals surface area contributed by atoms with Gasteiger partial charge in [0.15, 0.2) is 5.65 Å². The number of imidazole rings is 1. The van der Waals surface area contributed by atoms with Crippen LogP contribution in [0.5, 0.6) is 5.88 Å². The van der Waals surface area contributed by atoms with Crippen molar-refractivity contribution in [1.82, 2.24) is 15.0 Å². The molecule has 0 aliphatic heterocycles. The van der Waals surface area contributed by atoms with Gasteiger partial charge >= 0.3 is 0 Å². The number of aryl methyl sites for hydroxylation is 1. The highest BCUT2D eigenvalue weighted by atomic mass is 32.1. The van der Waals surface area contributed by atoms with Crippen molar-refractivity contribution in [3.05, 3.63) is 22.6 Å². The lowest BCUT2D eigenvalue weighted by atomic mass is 9.95. The first-order chi connectivity index (χ1) is 10.3. The van der Waals surface area contributed by atoms with Gasteiger partial charge in [0.1, 0.15) is 5.82 Å². The Labute approximate surface area is 126 Å². The van der Waals surface area contributed by atoms with Crippen LogP contribution in [0, 0.1) is 0 Å². The van der Waals surface area contributed by atoms with E-state index in [1.165, 1.54) is 23.3 Å². The standard InChI is InChI=1S/C15H16N4OS/c1-20-11-7-6-9-14(18-11)19-15(17-9)12-8-4-2-3-5-10(8)21-13(12)16/h6-7H,2-5,16H2,1H3,(H,17,18,19). The molecule has 0 fully saturated rings. The minimum Gasteiger partial charge on any atom is -0.481 e. The summed E-state index contributed by atoms with van der Waals surface area (Å²) in [4.78, 5) is 13.7. The minimum absolute atomic E-state index is 0.570. The number of nitrogens with one attached hydrogen (secondary N) is 1. The monoisotopic (exact) mass is 300 g/mol. The number of nitrogens with zero attached hydrogens (tertiary/aromatic N) is 2. The van der Waals surface area contributed by atoms with E-state index in [-0.39, 0.29) is 0 Å². The fourth-order valence-corrected chi connectivity index (χ4v) is 4.12. The molecule has 4 rings (SSSR count). The molecule has 3 heterocycles. The van der Waals surface area contributed by atoms with Crippen molar-refractivity contribution in [1.29, 1.82) is 0 Å². The van der Waals surface area contributed by atoms with Gasteiger partial charge in [0.25, 0.3) is 0 Å². The van der Waals surface area contributed by atoms with Gasteiger partial charge < -0.3 is 15.5 Å². The second-order valence-electron chi connectivity index (χ2n) is 5.26. The third-order valence-electron chi connectivity index (χ3n) is 3.96. The Balaban J connectivity index is 1.88. The van der Waals surface area contributed by atoms with Crippen LogP contribution in [0.2, 0.25) is 0 Å². The lowest BCUT2D eigenvalue weighted by Gasteiger charge is -2.11. The third kappa shape index (κ3) is 1.98. The molecule has 3 N–H and O–H groups in total. The van der Waals surface area contributed by atoms with Gasteiger partial charge in [-0.3, -0.25) is 0 Å². The Morgan fingerprint density at radius 3 is 2.95 bits per heavy atom. The molecule has 0 saturated heterocycles. The van der Waals surface area contributed by atoms with E-state index < -0.39 is 0 Å². The fraction of sp³-hybridized carbons (Fsp3) is 0.333. The van der Waals surface area contributed by atoms with Gasteiger partial charge in [-0.2, -0.15) is 4.98 Å². The van der Waals surface area contributed by atoms with Gasteiger partial charge in [0.2, 0.25) is 5.88 Å². The number of methoxy groups -OCH3 is 1. The molecule has 0 saturated carbocycles. The van der Waals surface area contributed by atoms with Crippen molar-refractivity contribution in [3.63, 3.8) is 0 Å². The highest BCUT2D eigenvalue weighted by Crippen LogP contribution is 2.41. The average molecular weight is 300 g/mol. The fourth-order valence-electron chi connectivity index (χ4n) is 2.95. The molecule has 21 heavy (non-hydrogen) atoms. The van der Waals surface area contributed by atoms with E-state index in [2.05, 4.69) is 15.0 Å². The molecule has 0 amide bonds. The van der Waals surface area contributed by atoms with Crippen molar-refractivity contribution in [2.45, 2.75) is 25.7 Å². The van der Waals surface area contributed by atoms with Crippen LogP contribution in [0.3, 0.4) is 0 Å². The number of hydrogen-bond donors (Lipinski definition) is 2. The maximum absolute atomic E-state index is 6.24. The van der Waals surface area contributed by atoms with Crippen LogP contribution in [0.15, 0.2) is 12.1 Å². The highest BCUT2D eigenvalue weighted by molar-refractivity contribution is 7.16. The molecule has 0 spiro atoms. The second kappa shape index (κ2) is 4.73. The molecule has 3 aromatic rings. The number of rotatable bonds is 2. The van der Waals surface area contributed by atoms with E-state index in [1.807, 2.05) is 12.1 Å². The zero-order valence-electron chi connectivity index (χ0n) is 11.8. The first kappa shape index (κ1) is 12.6. The molecular weight excluding hydrogens is 284 g/mol. The molecule has 108 valence electrons. The van der Waals surface area contributed by atoms with Gasteiger partial charge in [0.05, 0.1) is 23.2 Å². The van der Waals surface area contributed by atoms with Crippen molar-refractivity contribution in [2.75, 3.05) is 12.8 Å². The molecule has 1 aliphatic carbocycles. The Bertz CT molecular complexity index is 821. The first-order valence-electron chi connectivity index (χ1n) is 7.07. The Morgan fingerprint density at radius 2 is 2.10 bits per heavy atom. The van der Waals surface area contributed by atoms with Crippen molar-refractivity contribution in [3.8, 4) is 17.3 Å². The van der Waals surface area contributed by atoms with Crippen molar-refractivity contribution >= 4 is 27.5 Å². The normalized spacial score (nSPS) is 14.3. The maximum Gasteiger partial charge on any atom is 0.215 e. The highest BCUT2D eigenvalue weighted by Gasteiger charge is 2.22. The summed E-state index contributed by atoms with van der Waals surface area (Å²) < 4.78 is 5.15. The Morgan fingerprint density at radius 1 is 1.24 bits per heavy atom. The number of thiophene rings is 1. The summed E-state index contributed by atoms with van der Waals surface area (Å²) in [5.41, 5.74) is 10.3. The molecule has 0 radical (unpaired) electrons. The van der Waals surface area contributed by atoms with E-state index in [0.29, 0.717) is 11.5 Å². The third-order valence-corrected chi connectivity index (χ3v) is 5.09. The number of fused-ring (bicyclic) bond motifs is 2. The quantitative estimate of drug-likeness (QED) is 0.762. The minimum atomic E-state index is 0.570. The van der Waals surface area contributed by atoms with Crippen LogP contribution in [-0.4, -0.2) is 22.1 Å². The summed E-state index contributed by atoms with van der Waals surface area (Å²) in [5.74, 6) is 1.39. The first-order valence-corrected chi connectivity index (χ1v) is 7.89. The number of hydrogen-bond acceptors (Lipinski definition) is 5. The molecular formula is C15H16N4OS. The molecule has 0 aromatic carbocycles. The van der Waals surface area contributed by atoms with E-state index in [0.717, 1.165) is 34.7 Å². The largest absolute Gasteiger partial charge is 0.481 e. The lowest BCUT2D eigenvalue weighted by molar-refractivity contribution is 0.399. The van der Waals surface area contributed by atoms with E-state index in [9.17, 15) is 0 Å². The Kier molecular flexibility index (Phi) is 2.85. The van der Waals surface area contributed by atoms with Crippen LogP contribution >= 0.6 is 11.3 Å². The van der Waals surface area contributed by atoms with Crippen LogP contribution in [0.1, 0.15) is 23.3 Å². The van der Waals surface area contributed by atoms with Gasteiger partial charge in [-0.15, -0.1) is 11.3 Å². The van der Waals surface area contributed by atoms with Crippen LogP contribution < -0.4 is 10.5 Å². The summed E-state index contributed by atoms with van der Waals surface area (Å²) >= 11 is 1.70. The van der Waals surface area contributed by atoms with Gasteiger partial charge in [-0.1, -0.05) is 0 Å². The molecule has 0 atom stereocenters. The summed E-state index contributed by atoms with van der Waals surface area (Å²) in [7, 11) is 1.61. The topological polar surface area (TPSA) is 76.8 Å². The zero-order chi connectivity index (χ0) is 14.4. The number of aromatic nitrogens is 3. The molecule has 0 bridgehead atoms. The molecule has 5 nitrogen and oxygen atoms in total. The van der Waals surface area contributed by atoms with Gasteiger partial charge in [-0.05, 0) is 37.3 Å². The predicted molar refractivity (Wildman–Crippen MR) is 84.8 cm³/mol. The number of anilines is 1. The zero-order valence-corrected chi connectivity index (χ0v) is 12.6. The van der Waals surface area contributed by atoms with Crippen molar-refractivity contribution < 1.29 is 4.74 Å². The summed E-state index contributed by atoms with van der Waals surface area (Å²) in [6.45, 7) is 0. The number of H-pyrrole nitrogens is 1. The molecule has 3 aromatic heterocycles. The lowest BCUT2D eigenvalue weighted by Crippen LogP contribution is -2.00. The second-order valence-corrected chi connectivity index (χ2v) is 6.40. The van der Waals surface area contributed by atoms with Crippen LogP contribution in [-0.2, 0) is 12.8 Å². The van der Waals surface area contributed by atoms with Gasteiger partial charge in [-0.25, -0.2) is 4.98 Å². The SMILES string of the molecule is COc1ccc2[nH]c(-c3c(N)sc4c3CCCC4)nc2n1. The van der Waals surface area contributed by atoms with E-state index in [4.69, 9.17) is 10.5 Å². The van der Waals surface area contributed by atoms with Crippen LogP contribution in [0.25, 0.3) is 22.6 Å². The smallest absolute Gasteiger partial charge is 0.215 e. The Hall–Kier alpha value is -2.08. The summed E-state index contributed by atoms with van der Waals surface area (Å²) in [6.07, 6.45) is 4.70. The number of aromatic amines is 1. The van der Waals surface area contributed by atoms with E-state index >= 15 is 0 Å². The molecule has 0 unspecified atom stereocenters. The number of nitrogens with two attached hydrogens (primary N) is 1. The summed E-state index contributed by atoms with van der Waals surface area (Å²) in [5, 5.41) is 0.855. The van der Waals surface area contributed by atoms with E-state index in [1.54, 1.807) is 18.4 Å². The van der Waals surface area contributed by atoms with Crippen molar-refractivity contribution in [2.24, 2.45) is 0 Å². The number of ether oxygens (including phenoxy) is 1. The van der Waals surface area contributed by atoms with Gasteiger partial charge in [0, 0.05) is 10.9 Å². The van der Waals surface area contributed by atoms with Crippen LogP contribution in [0.4, 0.5) is 5.00 Å². The number of nitrogen functional groups attached to an aromatic ring is 1.